The average Bonchev–Trinajstić information content (AvgIpc) is 2.93. The molecule has 0 aliphatic carbocycles. The van der Waals surface area contributed by atoms with E-state index in [0.717, 1.165) is 12.8 Å². The smallest absolute Gasteiger partial charge is 0.822 e. The van der Waals surface area contributed by atoms with E-state index < -0.39 is 7.82 Å². The third kappa shape index (κ3) is 79.4. The van der Waals surface area contributed by atoms with Crippen LogP contribution in [-0.2, 0) is 33.0 Å². The molecule has 0 saturated heterocycles. The Morgan fingerprint density at radius 3 is 1.11 bits per heavy atom. The summed E-state index contributed by atoms with van der Waals surface area (Å²) in [6, 6.07) is 0. The van der Waals surface area contributed by atoms with Gasteiger partial charge in [0.1, 0.15) is 13.2 Å². The van der Waals surface area contributed by atoms with Gasteiger partial charge in [0.15, 0.2) is 0 Å². The molecule has 0 aromatic carbocycles. The second kappa shape index (κ2) is 54.4. The zero-order valence-electron chi connectivity index (χ0n) is 28.3. The van der Waals surface area contributed by atoms with Crippen molar-refractivity contribution in [2.24, 2.45) is 0 Å². The second-order valence-corrected chi connectivity index (χ2v) is 9.42. The van der Waals surface area contributed by atoms with Gasteiger partial charge in [-0.1, -0.05) is 52.4 Å². The van der Waals surface area contributed by atoms with Crippen molar-refractivity contribution in [3.05, 3.63) is 24.7 Å². The van der Waals surface area contributed by atoms with Crippen LogP contribution >= 0.6 is 7.82 Å². The van der Waals surface area contributed by atoms with Crippen LogP contribution in [0.25, 0.3) is 0 Å². The van der Waals surface area contributed by atoms with E-state index in [4.69, 9.17) is 57.9 Å². The number of phosphoric acid groups is 1. The normalized spacial score (nSPS) is 10.5. The van der Waals surface area contributed by atoms with Gasteiger partial charge < -0.3 is 57.9 Å². The molecule has 0 aromatic rings. The average molecular weight is 685 g/mol. The van der Waals surface area contributed by atoms with Gasteiger partial charge in [0.2, 0.25) is 0 Å². The minimum absolute atomic E-state index is 0. The van der Waals surface area contributed by atoms with E-state index in [2.05, 4.69) is 26.0 Å². The molecule has 248 valence electrons. The zero-order chi connectivity index (χ0) is 31.1. The molecule has 0 heterocycles. The van der Waals surface area contributed by atoms with Crippen LogP contribution in [0.15, 0.2) is 24.7 Å². The van der Waals surface area contributed by atoms with Crippen LogP contribution in [-0.4, -0.2) is 89.5 Å². The fourth-order valence-corrected chi connectivity index (χ4v) is 2.77. The molecule has 0 saturated carbocycles. The van der Waals surface area contributed by atoms with Gasteiger partial charge in [-0.2, -0.15) is 7.82 Å². The summed E-state index contributed by atoms with van der Waals surface area (Å²) in [4.78, 5) is 25.6. The number of hydrogen-bond acceptors (Lipinski definition) is 12. The van der Waals surface area contributed by atoms with Crippen molar-refractivity contribution >= 4 is 7.82 Å². The van der Waals surface area contributed by atoms with Gasteiger partial charge in [-0.3, -0.25) is 0 Å². The maximum Gasteiger partial charge on any atom is 1.00 e. The van der Waals surface area contributed by atoms with Crippen LogP contribution < -0.4 is 103 Å². The van der Waals surface area contributed by atoms with Crippen LogP contribution in [0.2, 0.25) is 0 Å². The third-order valence-electron chi connectivity index (χ3n) is 4.74. The van der Waals surface area contributed by atoms with Gasteiger partial charge >= 0.3 is 88.7 Å². The van der Waals surface area contributed by atoms with E-state index in [-0.39, 0.29) is 102 Å². The Balaban J connectivity index is -0.000000134. The molecule has 0 amide bonds. The quantitative estimate of drug-likeness (QED) is 0.0345. The molecule has 0 spiro atoms. The van der Waals surface area contributed by atoms with Crippen LogP contribution in [0.4, 0.5) is 0 Å². The first-order valence-electron chi connectivity index (χ1n) is 14.6. The first-order valence-corrected chi connectivity index (χ1v) is 16.1. The van der Waals surface area contributed by atoms with Gasteiger partial charge in [0.05, 0.1) is 78.6 Å². The summed E-state index contributed by atoms with van der Waals surface area (Å²) in [7, 11) is -5.39. The van der Waals surface area contributed by atoms with E-state index in [1.165, 1.54) is 51.4 Å². The van der Waals surface area contributed by atoms with Crippen molar-refractivity contribution in [3.63, 3.8) is 0 Å². The summed E-state index contributed by atoms with van der Waals surface area (Å²) in [6.07, 6.45) is 20.1. The number of aliphatic hydroxyl groups excluding tert-OH is 2. The second-order valence-electron chi connectivity index (χ2n) is 8.53. The van der Waals surface area contributed by atoms with Gasteiger partial charge in [-0.25, -0.2) is 0 Å². The van der Waals surface area contributed by atoms with Crippen LogP contribution in [0.5, 0.6) is 0 Å². The Bertz CT molecular complexity index is 528. The van der Waals surface area contributed by atoms with Crippen LogP contribution in [0.3, 0.4) is 0 Å². The monoisotopic (exact) mass is 684 g/mol. The first-order chi connectivity index (χ1) is 19.8. The van der Waals surface area contributed by atoms with Crippen molar-refractivity contribution in [3.8, 4) is 0 Å². The van der Waals surface area contributed by atoms with Crippen LogP contribution in [0, 0.1) is 0 Å². The minimum atomic E-state index is -5.39. The Labute approximate surface area is 333 Å². The number of rotatable bonds is 28. The van der Waals surface area contributed by atoms with Gasteiger partial charge in [-0.15, -0.1) is 0 Å². The van der Waals surface area contributed by atoms with Crippen LogP contribution in [0.1, 0.15) is 78.1 Å². The molecule has 0 rings (SSSR count). The van der Waals surface area contributed by atoms with Gasteiger partial charge in [-0.05, 0) is 37.8 Å². The third-order valence-corrected chi connectivity index (χ3v) is 4.74. The largest absolute Gasteiger partial charge is 1.00 e. The summed E-state index contributed by atoms with van der Waals surface area (Å²) in [5.74, 6) is 0. The van der Waals surface area contributed by atoms with E-state index in [1.807, 2.05) is 0 Å². The maximum absolute atomic E-state index is 8.55. The molecule has 0 unspecified atom stereocenters. The van der Waals surface area contributed by atoms with Crippen molar-refractivity contribution in [1.82, 2.24) is 0 Å². The molecule has 12 nitrogen and oxygen atoms in total. The van der Waals surface area contributed by atoms with Gasteiger partial charge in [0.25, 0.3) is 0 Å². The molecule has 44 heavy (non-hydrogen) atoms. The molecule has 2 N–H and O–H groups in total. The molecule has 0 aromatic heterocycles. The number of hydrogen-bond donors (Lipinski definition) is 2. The van der Waals surface area contributed by atoms with E-state index in [0.29, 0.717) is 66.1 Å². The molecule has 0 fully saturated rings. The molecule has 16 heteroatoms. The van der Waals surface area contributed by atoms with Crippen molar-refractivity contribution in [2.75, 3.05) is 79.3 Å². The van der Waals surface area contributed by atoms with E-state index in [1.54, 1.807) is 12.5 Å². The number of ether oxygens (including phenoxy) is 6. The predicted molar refractivity (Wildman–Crippen MR) is 153 cm³/mol. The Morgan fingerprint density at radius 2 is 0.818 bits per heavy atom. The molecule has 0 aliphatic rings. The number of unbranched alkanes of at least 4 members (excludes halogenated alkanes) is 8. The zero-order valence-corrected chi connectivity index (χ0v) is 35.2. The summed E-state index contributed by atoms with van der Waals surface area (Å²) in [5, 5.41) is 16.9. The fraction of sp³-hybridized carbons (Fsp3) is 0.857. The first kappa shape index (κ1) is 58.2. The molecular weight excluding hydrogens is 628 g/mol. The number of allylic oxidation sites excluding steroid dienone is 2. The Kier molecular flexibility index (Phi) is 71.9. The molecule has 0 bridgehead atoms. The SMILES string of the molecule is CCCCCCC=COCCOCCOCCO.CCCCCCC=COCCOCCOCCO.O=P([O-])([O-])[O-].[Na+].[Na+].[Na+]. The molecule has 0 aliphatic heterocycles. The Hall–Kier alpha value is 1.95. The molecule has 0 atom stereocenters. The van der Waals surface area contributed by atoms with Crippen molar-refractivity contribution < 1.29 is 147 Å². The van der Waals surface area contributed by atoms with Gasteiger partial charge in [0, 0.05) is 0 Å². The van der Waals surface area contributed by atoms with E-state index in [9.17, 15) is 0 Å². The minimum Gasteiger partial charge on any atom is -0.822 e. The number of aliphatic hydroxyl groups is 2. The van der Waals surface area contributed by atoms with Crippen molar-refractivity contribution in [1.29, 1.82) is 0 Å². The maximum atomic E-state index is 8.55. The fourth-order valence-electron chi connectivity index (χ4n) is 2.77. The Morgan fingerprint density at radius 1 is 0.523 bits per heavy atom. The summed E-state index contributed by atoms with van der Waals surface area (Å²) in [5.41, 5.74) is 0. The summed E-state index contributed by atoms with van der Waals surface area (Å²) >= 11 is 0. The summed E-state index contributed by atoms with van der Waals surface area (Å²) < 4.78 is 39.8. The van der Waals surface area contributed by atoms with Crippen molar-refractivity contribution in [2.45, 2.75) is 78.1 Å². The predicted octanol–water partition coefficient (Wildman–Crippen LogP) is -6.79. The summed E-state index contributed by atoms with van der Waals surface area (Å²) in [6.45, 7) is 9.74. The molecular formula is C28H56Na3O12P. The standard InChI is InChI=1S/2C14H28O4.3Na.H3O4P/c2*1-2-3-4-5-6-7-9-16-11-13-18-14-12-17-10-8-15;;;;1-5(2,3)4/h2*7,9,15H,2-6,8,10-14H2,1H3;;;;(H3,1,2,3,4)/q;;3*+1;/p-3. The topological polar surface area (TPSA) is 182 Å². The van der Waals surface area contributed by atoms with E-state index >= 15 is 0 Å². The molecule has 0 radical (unpaired) electrons.